The number of nitrogens with one attached hydrogen (secondary N) is 2. The molecule has 1 amide bonds. The van der Waals surface area contributed by atoms with Crippen LogP contribution >= 0.6 is 23.2 Å². The van der Waals surface area contributed by atoms with Crippen molar-refractivity contribution in [1.82, 2.24) is 10.2 Å². The fourth-order valence-electron chi connectivity index (χ4n) is 1.39. The number of methoxy groups -OCH3 is 1. The van der Waals surface area contributed by atoms with E-state index in [1.807, 2.05) is 0 Å². The Morgan fingerprint density at radius 3 is 2.83 bits per heavy atom. The summed E-state index contributed by atoms with van der Waals surface area (Å²) in [6.45, 7) is 0. The van der Waals surface area contributed by atoms with Gasteiger partial charge in [0.2, 0.25) is 0 Å². The number of H-pyrrole nitrogens is 1. The molecule has 94 valence electrons. The SMILES string of the molecule is COc1ccc(Cl)cc1NC(=O)c1[nH]ncc1Cl. The summed E-state index contributed by atoms with van der Waals surface area (Å²) >= 11 is 11.7. The molecule has 0 aliphatic carbocycles. The number of nitrogens with zero attached hydrogens (tertiary/aromatic N) is 1. The molecule has 2 N–H and O–H groups in total. The van der Waals surface area contributed by atoms with Gasteiger partial charge in [-0.3, -0.25) is 9.89 Å². The fourth-order valence-corrected chi connectivity index (χ4v) is 1.74. The predicted octanol–water partition coefficient (Wildman–Crippen LogP) is 2.98. The van der Waals surface area contributed by atoms with E-state index >= 15 is 0 Å². The molecule has 0 bridgehead atoms. The van der Waals surface area contributed by atoms with Crippen LogP contribution in [0.5, 0.6) is 5.75 Å². The van der Waals surface area contributed by atoms with E-state index < -0.39 is 5.91 Å². The van der Waals surface area contributed by atoms with E-state index in [2.05, 4.69) is 15.5 Å². The van der Waals surface area contributed by atoms with Gasteiger partial charge >= 0.3 is 0 Å². The highest BCUT2D eigenvalue weighted by molar-refractivity contribution is 6.34. The highest BCUT2D eigenvalue weighted by atomic mass is 35.5. The second-order valence-electron chi connectivity index (χ2n) is 3.39. The van der Waals surface area contributed by atoms with E-state index in [1.165, 1.54) is 13.3 Å². The number of benzene rings is 1. The third kappa shape index (κ3) is 2.57. The van der Waals surface area contributed by atoms with Crippen molar-refractivity contribution in [2.75, 3.05) is 12.4 Å². The van der Waals surface area contributed by atoms with Crippen LogP contribution in [0.2, 0.25) is 10.0 Å². The van der Waals surface area contributed by atoms with E-state index in [-0.39, 0.29) is 10.7 Å². The molecule has 0 aliphatic rings. The maximum absolute atomic E-state index is 11.9. The lowest BCUT2D eigenvalue weighted by atomic mass is 10.2. The van der Waals surface area contributed by atoms with Gasteiger partial charge in [0, 0.05) is 5.02 Å². The molecule has 5 nitrogen and oxygen atoms in total. The molecule has 0 aliphatic heterocycles. The van der Waals surface area contributed by atoms with Gasteiger partial charge in [0.15, 0.2) is 0 Å². The average Bonchev–Trinajstić information content (AvgIpc) is 2.76. The van der Waals surface area contributed by atoms with E-state index in [4.69, 9.17) is 27.9 Å². The van der Waals surface area contributed by atoms with Crippen molar-refractivity contribution in [3.05, 3.63) is 40.1 Å². The summed E-state index contributed by atoms with van der Waals surface area (Å²) in [5.41, 5.74) is 0.638. The molecular formula is C11H9Cl2N3O2. The summed E-state index contributed by atoms with van der Waals surface area (Å²) in [6.07, 6.45) is 1.35. The first-order chi connectivity index (χ1) is 8.61. The van der Waals surface area contributed by atoms with E-state index in [1.54, 1.807) is 18.2 Å². The molecule has 0 unspecified atom stereocenters. The molecule has 0 atom stereocenters. The first kappa shape index (κ1) is 12.7. The molecule has 1 heterocycles. The summed E-state index contributed by atoms with van der Waals surface area (Å²) in [5, 5.41) is 9.55. The number of anilines is 1. The lowest BCUT2D eigenvalue weighted by Crippen LogP contribution is -2.13. The Morgan fingerprint density at radius 1 is 1.44 bits per heavy atom. The van der Waals surface area contributed by atoms with E-state index in [9.17, 15) is 4.79 Å². The maximum atomic E-state index is 11.9. The zero-order valence-electron chi connectivity index (χ0n) is 9.33. The van der Waals surface area contributed by atoms with Crippen molar-refractivity contribution in [3.63, 3.8) is 0 Å². The molecule has 0 saturated carbocycles. The van der Waals surface area contributed by atoms with Crippen LogP contribution in [-0.4, -0.2) is 23.2 Å². The second kappa shape index (κ2) is 5.29. The summed E-state index contributed by atoms with van der Waals surface area (Å²) < 4.78 is 5.12. The molecule has 1 aromatic carbocycles. The first-order valence-corrected chi connectivity index (χ1v) is 5.71. The maximum Gasteiger partial charge on any atom is 0.275 e. The zero-order valence-corrected chi connectivity index (χ0v) is 10.8. The molecule has 2 aromatic rings. The standard InChI is InChI=1S/C11H9Cl2N3O2/c1-18-9-3-2-6(12)4-8(9)15-11(17)10-7(13)5-14-16-10/h2-5H,1H3,(H,14,16)(H,15,17). The van der Waals surface area contributed by atoms with Gasteiger partial charge in [0.1, 0.15) is 11.4 Å². The number of carbonyl (C=O) groups excluding carboxylic acids is 1. The van der Waals surface area contributed by atoms with Gasteiger partial charge in [-0.15, -0.1) is 0 Å². The smallest absolute Gasteiger partial charge is 0.275 e. The number of ether oxygens (including phenoxy) is 1. The topological polar surface area (TPSA) is 67.0 Å². The lowest BCUT2D eigenvalue weighted by molar-refractivity contribution is 0.102. The Bertz CT molecular complexity index is 583. The molecule has 2 rings (SSSR count). The average molecular weight is 286 g/mol. The molecule has 0 spiro atoms. The van der Waals surface area contributed by atoms with Gasteiger partial charge in [-0.2, -0.15) is 5.10 Å². The Hall–Kier alpha value is -1.72. The number of aromatic nitrogens is 2. The number of rotatable bonds is 3. The van der Waals surface area contributed by atoms with Crippen LogP contribution in [0, 0.1) is 0 Å². The van der Waals surface area contributed by atoms with Gasteiger partial charge in [0.25, 0.3) is 5.91 Å². The van der Waals surface area contributed by atoms with Crippen LogP contribution in [0.15, 0.2) is 24.4 Å². The Labute approximate surface area is 113 Å². The quantitative estimate of drug-likeness (QED) is 0.911. The minimum absolute atomic E-state index is 0.179. The number of hydrogen-bond acceptors (Lipinski definition) is 3. The van der Waals surface area contributed by atoms with Crippen LogP contribution in [0.4, 0.5) is 5.69 Å². The van der Waals surface area contributed by atoms with Gasteiger partial charge in [-0.05, 0) is 18.2 Å². The molecule has 7 heteroatoms. The van der Waals surface area contributed by atoms with Crippen LogP contribution in [0.25, 0.3) is 0 Å². The molecule has 0 fully saturated rings. The predicted molar refractivity (Wildman–Crippen MR) is 69.6 cm³/mol. The third-order valence-corrected chi connectivity index (χ3v) is 2.75. The second-order valence-corrected chi connectivity index (χ2v) is 4.24. The molecular weight excluding hydrogens is 277 g/mol. The number of aromatic amines is 1. The van der Waals surface area contributed by atoms with Crippen molar-refractivity contribution in [3.8, 4) is 5.75 Å². The number of hydrogen-bond donors (Lipinski definition) is 2. The van der Waals surface area contributed by atoms with Crippen molar-refractivity contribution >= 4 is 34.8 Å². The fraction of sp³-hybridized carbons (Fsp3) is 0.0909. The highest BCUT2D eigenvalue weighted by Gasteiger charge is 2.14. The zero-order chi connectivity index (χ0) is 13.1. The molecule has 0 saturated heterocycles. The Morgan fingerprint density at radius 2 is 2.22 bits per heavy atom. The first-order valence-electron chi connectivity index (χ1n) is 4.95. The van der Waals surface area contributed by atoms with Crippen LogP contribution in [0.1, 0.15) is 10.5 Å². The van der Waals surface area contributed by atoms with E-state index in [0.717, 1.165) is 0 Å². The minimum Gasteiger partial charge on any atom is -0.495 e. The normalized spacial score (nSPS) is 10.2. The lowest BCUT2D eigenvalue weighted by Gasteiger charge is -2.09. The van der Waals surface area contributed by atoms with E-state index in [0.29, 0.717) is 16.5 Å². The number of halogens is 2. The van der Waals surface area contributed by atoms with Gasteiger partial charge in [-0.1, -0.05) is 23.2 Å². The van der Waals surface area contributed by atoms with Crippen molar-refractivity contribution < 1.29 is 9.53 Å². The largest absolute Gasteiger partial charge is 0.495 e. The third-order valence-electron chi connectivity index (χ3n) is 2.23. The summed E-state index contributed by atoms with van der Waals surface area (Å²) in [6, 6.07) is 4.91. The summed E-state index contributed by atoms with van der Waals surface area (Å²) in [7, 11) is 1.50. The van der Waals surface area contributed by atoms with Crippen LogP contribution < -0.4 is 10.1 Å². The van der Waals surface area contributed by atoms with Gasteiger partial charge < -0.3 is 10.1 Å². The highest BCUT2D eigenvalue weighted by Crippen LogP contribution is 2.28. The molecule has 1 aromatic heterocycles. The van der Waals surface area contributed by atoms with Gasteiger partial charge in [-0.25, -0.2) is 0 Å². The van der Waals surface area contributed by atoms with Crippen molar-refractivity contribution in [1.29, 1.82) is 0 Å². The minimum atomic E-state index is -0.418. The molecule has 18 heavy (non-hydrogen) atoms. The van der Waals surface area contributed by atoms with Gasteiger partial charge in [0.05, 0.1) is 24.0 Å². The van der Waals surface area contributed by atoms with Crippen LogP contribution in [-0.2, 0) is 0 Å². The summed E-state index contributed by atoms with van der Waals surface area (Å²) in [5.74, 6) is 0.0847. The van der Waals surface area contributed by atoms with Crippen molar-refractivity contribution in [2.24, 2.45) is 0 Å². The Balaban J connectivity index is 2.27. The Kier molecular flexibility index (Phi) is 3.74. The summed E-state index contributed by atoms with van der Waals surface area (Å²) in [4.78, 5) is 11.9. The van der Waals surface area contributed by atoms with Crippen molar-refractivity contribution in [2.45, 2.75) is 0 Å². The monoisotopic (exact) mass is 285 g/mol. The molecule has 0 radical (unpaired) electrons. The van der Waals surface area contributed by atoms with Crippen LogP contribution in [0.3, 0.4) is 0 Å². The number of carbonyl (C=O) groups is 1. The number of amides is 1.